The van der Waals surface area contributed by atoms with Crippen LogP contribution < -0.4 is 4.90 Å². The molecule has 0 aliphatic carbocycles. The molecule has 0 aliphatic rings. The van der Waals surface area contributed by atoms with Crippen LogP contribution in [0.5, 0.6) is 0 Å². The Kier molecular flexibility index (Phi) is 9.95. The Morgan fingerprint density at radius 1 is 0.344 bits per heavy atom. The zero-order valence-electron chi connectivity index (χ0n) is 35.7. The summed E-state index contributed by atoms with van der Waals surface area (Å²) < 4.78 is 2.40. The zero-order valence-corrected chi connectivity index (χ0v) is 35.7. The number of para-hydroxylation sites is 3. The molecule has 0 aliphatic heterocycles. The average Bonchev–Trinajstić information content (AvgIpc) is 3.69. The average molecular weight is 821 g/mol. The van der Waals surface area contributed by atoms with E-state index in [0.29, 0.717) is 0 Å². The predicted octanol–water partition coefficient (Wildman–Crippen LogP) is 16.0. The van der Waals surface area contributed by atoms with Crippen LogP contribution in [-0.2, 0) is 0 Å². The number of nitrogens with zero attached hydrogens (tertiary/aromatic N) is 4. The quantitative estimate of drug-likeness (QED) is 0.145. The smallest absolute Gasteiger partial charge is 0.160 e. The number of hydrogen-bond donors (Lipinski definition) is 0. The van der Waals surface area contributed by atoms with E-state index in [4.69, 9.17) is 9.97 Å². The minimum absolute atomic E-state index is 0.717. The normalized spacial score (nSPS) is 11.3. The van der Waals surface area contributed by atoms with Gasteiger partial charge in [-0.2, -0.15) is 0 Å². The van der Waals surface area contributed by atoms with Crippen molar-refractivity contribution in [2.24, 2.45) is 0 Å². The summed E-state index contributed by atoms with van der Waals surface area (Å²) in [5.41, 5.74) is 19.1. The van der Waals surface area contributed by atoms with Crippen LogP contribution in [0.25, 0.3) is 83.6 Å². The number of benzene rings is 9. The van der Waals surface area contributed by atoms with Gasteiger partial charge in [-0.1, -0.05) is 164 Å². The highest BCUT2D eigenvalue weighted by molar-refractivity contribution is 6.10. The van der Waals surface area contributed by atoms with Crippen molar-refractivity contribution < 1.29 is 0 Å². The van der Waals surface area contributed by atoms with Crippen molar-refractivity contribution in [1.82, 2.24) is 14.5 Å². The van der Waals surface area contributed by atoms with Crippen LogP contribution >= 0.6 is 0 Å². The summed E-state index contributed by atoms with van der Waals surface area (Å²) in [5, 5.41) is 2.45. The Bertz CT molecular complexity index is 3290. The Morgan fingerprint density at radius 2 is 0.828 bits per heavy atom. The largest absolute Gasteiger partial charge is 0.310 e. The third kappa shape index (κ3) is 7.21. The zero-order chi connectivity index (χ0) is 43.0. The predicted molar refractivity (Wildman–Crippen MR) is 268 cm³/mol. The minimum atomic E-state index is 0.717. The maximum absolute atomic E-state index is 5.04. The van der Waals surface area contributed by atoms with Crippen LogP contribution in [0.1, 0.15) is 11.1 Å². The van der Waals surface area contributed by atoms with Crippen molar-refractivity contribution in [2.75, 3.05) is 4.90 Å². The van der Waals surface area contributed by atoms with Crippen molar-refractivity contribution >= 4 is 38.9 Å². The van der Waals surface area contributed by atoms with E-state index >= 15 is 0 Å². The van der Waals surface area contributed by atoms with Crippen LogP contribution in [0.15, 0.2) is 231 Å². The van der Waals surface area contributed by atoms with Crippen LogP contribution in [0.2, 0.25) is 0 Å². The number of anilines is 3. The van der Waals surface area contributed by atoms with Gasteiger partial charge < -0.3 is 9.47 Å². The van der Waals surface area contributed by atoms with Gasteiger partial charge in [0, 0.05) is 50.2 Å². The molecule has 0 N–H and O–H groups in total. The Balaban J connectivity index is 0.903. The summed E-state index contributed by atoms with van der Waals surface area (Å²) in [6.45, 7) is 4.45. The molecule has 0 unspecified atom stereocenters. The Morgan fingerprint density at radius 3 is 1.44 bits per heavy atom. The van der Waals surface area contributed by atoms with Gasteiger partial charge in [0.25, 0.3) is 0 Å². The van der Waals surface area contributed by atoms with Gasteiger partial charge in [-0.3, -0.25) is 0 Å². The molecule has 9 aromatic carbocycles. The first-order valence-electron chi connectivity index (χ1n) is 21.8. The van der Waals surface area contributed by atoms with E-state index in [0.717, 1.165) is 56.7 Å². The molecule has 11 rings (SSSR count). The summed E-state index contributed by atoms with van der Waals surface area (Å²) in [6, 6.07) is 81.9. The molecule has 0 spiro atoms. The number of fused-ring (bicyclic) bond motifs is 3. The summed E-state index contributed by atoms with van der Waals surface area (Å²) in [7, 11) is 0. The molecular formula is C60H44N4. The fraction of sp³-hybridized carbons (Fsp3) is 0.0333. The lowest BCUT2D eigenvalue weighted by Gasteiger charge is -2.25. The highest BCUT2D eigenvalue weighted by Gasteiger charge is 2.18. The molecule has 0 saturated heterocycles. The summed E-state index contributed by atoms with van der Waals surface area (Å²) in [5.74, 6) is 0.717. The molecule has 0 bridgehead atoms. The van der Waals surface area contributed by atoms with Crippen LogP contribution in [-0.4, -0.2) is 14.5 Å². The topological polar surface area (TPSA) is 34.0 Å². The monoisotopic (exact) mass is 820 g/mol. The van der Waals surface area contributed by atoms with Gasteiger partial charge in [0.15, 0.2) is 5.82 Å². The molecule has 0 atom stereocenters. The molecule has 0 amide bonds. The van der Waals surface area contributed by atoms with Gasteiger partial charge in [-0.05, 0) is 114 Å². The first-order valence-corrected chi connectivity index (χ1v) is 21.8. The number of aromatic nitrogens is 3. The van der Waals surface area contributed by atoms with Gasteiger partial charge in [-0.15, -0.1) is 0 Å². The summed E-state index contributed by atoms with van der Waals surface area (Å²) in [4.78, 5) is 12.3. The first kappa shape index (κ1) is 38.6. The van der Waals surface area contributed by atoms with Crippen molar-refractivity contribution in [3.63, 3.8) is 0 Å². The fourth-order valence-corrected chi connectivity index (χ4v) is 9.24. The molecule has 0 radical (unpaired) electrons. The standard InChI is InChI=1S/C60H44N4/c1-41-37-48(43-27-29-45(30-28-43)56-40-55(44-17-7-3-8-18-44)61-60(62-56)47-19-9-4-10-20-47)38-42(2)59(41)46-31-33-51(34-32-46)64-57-26-16-15-25-53(57)54-39-52(35-36-58(54)64)63(49-21-11-5-12-22-49)50-23-13-6-14-24-50/h3-40H,1-2H3. The van der Waals surface area contributed by atoms with E-state index in [1.807, 2.05) is 36.4 Å². The van der Waals surface area contributed by atoms with E-state index in [-0.39, 0.29) is 0 Å². The molecule has 2 aromatic heterocycles. The summed E-state index contributed by atoms with van der Waals surface area (Å²) >= 11 is 0. The molecule has 4 nitrogen and oxygen atoms in total. The van der Waals surface area contributed by atoms with E-state index < -0.39 is 0 Å². The van der Waals surface area contributed by atoms with Crippen LogP contribution in [0.4, 0.5) is 17.1 Å². The van der Waals surface area contributed by atoms with Gasteiger partial charge in [0.1, 0.15) is 0 Å². The molecule has 304 valence electrons. The van der Waals surface area contributed by atoms with Crippen LogP contribution in [0.3, 0.4) is 0 Å². The third-order valence-corrected chi connectivity index (χ3v) is 12.2. The molecule has 0 fully saturated rings. The lowest BCUT2D eigenvalue weighted by Crippen LogP contribution is -2.09. The summed E-state index contributed by atoms with van der Waals surface area (Å²) in [6.07, 6.45) is 0. The van der Waals surface area contributed by atoms with E-state index in [1.54, 1.807) is 0 Å². The maximum atomic E-state index is 5.04. The lowest BCUT2D eigenvalue weighted by atomic mass is 9.91. The first-order chi connectivity index (χ1) is 31.6. The third-order valence-electron chi connectivity index (χ3n) is 12.2. The van der Waals surface area contributed by atoms with Crippen molar-refractivity contribution in [3.05, 3.63) is 242 Å². The van der Waals surface area contributed by atoms with E-state index in [1.165, 1.54) is 55.2 Å². The second-order valence-corrected chi connectivity index (χ2v) is 16.4. The number of hydrogen-bond acceptors (Lipinski definition) is 3. The molecule has 11 aromatic rings. The van der Waals surface area contributed by atoms with Crippen molar-refractivity contribution in [3.8, 4) is 61.8 Å². The number of rotatable bonds is 9. The molecule has 4 heteroatoms. The SMILES string of the molecule is Cc1cc(-c2ccc(-c3cc(-c4ccccc4)nc(-c4ccccc4)n3)cc2)cc(C)c1-c1ccc(-n2c3ccccc3c3cc(N(c4ccccc4)c4ccccc4)ccc32)cc1. The lowest BCUT2D eigenvalue weighted by molar-refractivity contribution is 1.18. The highest BCUT2D eigenvalue weighted by Crippen LogP contribution is 2.40. The van der Waals surface area contributed by atoms with Gasteiger partial charge in [0.2, 0.25) is 0 Å². The van der Waals surface area contributed by atoms with Crippen molar-refractivity contribution in [1.29, 1.82) is 0 Å². The molecule has 64 heavy (non-hydrogen) atoms. The second-order valence-electron chi connectivity index (χ2n) is 16.4. The number of aryl methyl sites for hydroxylation is 2. The Labute approximate surface area is 374 Å². The van der Waals surface area contributed by atoms with Gasteiger partial charge in [0.05, 0.1) is 22.4 Å². The van der Waals surface area contributed by atoms with Crippen molar-refractivity contribution in [2.45, 2.75) is 13.8 Å². The van der Waals surface area contributed by atoms with Gasteiger partial charge >= 0.3 is 0 Å². The molecular weight excluding hydrogens is 777 g/mol. The highest BCUT2D eigenvalue weighted by atomic mass is 15.1. The molecule has 2 heterocycles. The maximum Gasteiger partial charge on any atom is 0.160 e. The molecule has 0 saturated carbocycles. The van der Waals surface area contributed by atoms with Gasteiger partial charge in [-0.25, -0.2) is 9.97 Å². The fourth-order valence-electron chi connectivity index (χ4n) is 9.24. The minimum Gasteiger partial charge on any atom is -0.310 e. The van der Waals surface area contributed by atoms with E-state index in [2.05, 4.69) is 217 Å². The van der Waals surface area contributed by atoms with E-state index in [9.17, 15) is 0 Å². The Hall–Kier alpha value is -8.34. The van der Waals surface area contributed by atoms with Crippen LogP contribution in [0, 0.1) is 13.8 Å². The second kappa shape index (κ2) is 16.5.